The first-order valence-corrected chi connectivity index (χ1v) is 7.04. The molecule has 3 N–H and O–H groups in total. The van der Waals surface area contributed by atoms with Gasteiger partial charge in [0.05, 0.1) is 6.10 Å². The monoisotopic (exact) mass is 263 g/mol. The van der Waals surface area contributed by atoms with E-state index in [9.17, 15) is 5.11 Å². The quantitative estimate of drug-likeness (QED) is 0.878. The minimum absolute atomic E-state index is 0.194. The van der Waals surface area contributed by atoms with Gasteiger partial charge in [-0.15, -0.1) is 0 Å². The van der Waals surface area contributed by atoms with E-state index in [-0.39, 0.29) is 11.6 Å². The molecular weight excluding hydrogens is 238 g/mol. The largest absolute Gasteiger partial charge is 0.487 e. The lowest BCUT2D eigenvalue weighted by atomic mass is 9.93. The van der Waals surface area contributed by atoms with E-state index < -0.39 is 6.10 Å². The summed E-state index contributed by atoms with van der Waals surface area (Å²) in [6.45, 7) is 8.36. The van der Waals surface area contributed by atoms with Gasteiger partial charge < -0.3 is 15.6 Å². The third-order valence-electron chi connectivity index (χ3n) is 3.59. The lowest BCUT2D eigenvalue weighted by Gasteiger charge is -2.24. The van der Waals surface area contributed by atoms with Crippen molar-refractivity contribution in [3.63, 3.8) is 0 Å². The lowest BCUT2D eigenvalue weighted by molar-refractivity contribution is 0.112. The zero-order valence-electron chi connectivity index (χ0n) is 12.3. The summed E-state index contributed by atoms with van der Waals surface area (Å²) < 4.78 is 5.99. The fourth-order valence-electron chi connectivity index (χ4n) is 2.78. The van der Waals surface area contributed by atoms with Gasteiger partial charge in [-0.2, -0.15) is 0 Å². The average molecular weight is 263 g/mol. The first-order valence-electron chi connectivity index (χ1n) is 7.04. The fraction of sp³-hybridized carbons (Fsp3) is 0.625. The van der Waals surface area contributed by atoms with Gasteiger partial charge in [-0.3, -0.25) is 0 Å². The summed E-state index contributed by atoms with van der Waals surface area (Å²) in [5.41, 5.74) is 7.91. The molecule has 1 heterocycles. The molecule has 1 aromatic carbocycles. The van der Waals surface area contributed by atoms with Crippen LogP contribution in [0.1, 0.15) is 51.3 Å². The van der Waals surface area contributed by atoms with Gasteiger partial charge in [-0.05, 0) is 31.7 Å². The first-order chi connectivity index (χ1) is 8.80. The molecule has 2 rings (SSSR count). The minimum atomic E-state index is -0.661. The molecule has 1 aromatic rings. The molecule has 106 valence electrons. The lowest BCUT2D eigenvalue weighted by Crippen LogP contribution is -2.30. The van der Waals surface area contributed by atoms with E-state index in [1.807, 2.05) is 12.1 Å². The van der Waals surface area contributed by atoms with Crippen molar-refractivity contribution in [2.45, 2.75) is 58.3 Å². The fourth-order valence-corrected chi connectivity index (χ4v) is 2.78. The molecule has 0 saturated carbocycles. The van der Waals surface area contributed by atoms with Crippen LogP contribution < -0.4 is 10.5 Å². The Morgan fingerprint density at radius 2 is 2.05 bits per heavy atom. The van der Waals surface area contributed by atoms with Gasteiger partial charge in [-0.25, -0.2) is 0 Å². The summed E-state index contributed by atoms with van der Waals surface area (Å²) >= 11 is 0. The molecule has 2 unspecified atom stereocenters. The standard InChI is InChI=1S/C16H25NO2/c1-10(2)8-13(17)14(18)12-7-5-6-11-9-16(3,4)19-15(11)12/h5-7,10,13-14,18H,8-9,17H2,1-4H3. The molecule has 1 aliphatic rings. The highest BCUT2D eigenvalue weighted by atomic mass is 16.5. The van der Waals surface area contributed by atoms with Crippen LogP contribution in [0.2, 0.25) is 0 Å². The van der Waals surface area contributed by atoms with Gasteiger partial charge in [-0.1, -0.05) is 32.0 Å². The Morgan fingerprint density at radius 1 is 1.37 bits per heavy atom. The Labute approximate surface area is 115 Å². The summed E-state index contributed by atoms with van der Waals surface area (Å²) in [7, 11) is 0. The van der Waals surface area contributed by atoms with Crippen LogP contribution in [0.5, 0.6) is 5.75 Å². The molecule has 0 spiro atoms. The molecule has 0 fully saturated rings. The molecule has 0 aromatic heterocycles. The molecule has 0 amide bonds. The number of benzene rings is 1. The minimum Gasteiger partial charge on any atom is -0.487 e. The third kappa shape index (κ3) is 3.10. The van der Waals surface area contributed by atoms with E-state index in [2.05, 4.69) is 33.8 Å². The van der Waals surface area contributed by atoms with Crippen molar-refractivity contribution >= 4 is 0 Å². The smallest absolute Gasteiger partial charge is 0.129 e. The predicted octanol–water partition coefficient (Wildman–Crippen LogP) is 2.81. The second-order valence-corrected chi connectivity index (χ2v) is 6.61. The maximum absolute atomic E-state index is 10.5. The number of fused-ring (bicyclic) bond motifs is 1. The van der Waals surface area contributed by atoms with Gasteiger partial charge in [0.2, 0.25) is 0 Å². The second-order valence-electron chi connectivity index (χ2n) is 6.61. The normalized spacial score (nSPS) is 19.9. The van der Waals surface area contributed by atoms with E-state index in [1.54, 1.807) is 0 Å². The van der Waals surface area contributed by atoms with Crippen LogP contribution in [0.3, 0.4) is 0 Å². The number of hydrogen-bond donors (Lipinski definition) is 2. The third-order valence-corrected chi connectivity index (χ3v) is 3.59. The Hall–Kier alpha value is -1.06. The van der Waals surface area contributed by atoms with Gasteiger partial charge in [0.25, 0.3) is 0 Å². The molecule has 19 heavy (non-hydrogen) atoms. The van der Waals surface area contributed by atoms with Crippen molar-refractivity contribution in [3.05, 3.63) is 29.3 Å². The summed E-state index contributed by atoms with van der Waals surface area (Å²) in [6.07, 6.45) is 1.02. The number of ether oxygens (including phenoxy) is 1. The van der Waals surface area contributed by atoms with Crippen molar-refractivity contribution in [1.82, 2.24) is 0 Å². The van der Waals surface area contributed by atoms with Crippen molar-refractivity contribution in [3.8, 4) is 5.75 Å². The molecule has 3 nitrogen and oxygen atoms in total. The molecule has 0 aliphatic carbocycles. The molecule has 0 bridgehead atoms. The Kier molecular flexibility index (Phi) is 3.88. The van der Waals surface area contributed by atoms with Crippen LogP contribution in [0.25, 0.3) is 0 Å². The van der Waals surface area contributed by atoms with E-state index >= 15 is 0 Å². The SMILES string of the molecule is CC(C)CC(N)C(O)c1cccc2c1OC(C)(C)C2. The summed E-state index contributed by atoms with van der Waals surface area (Å²) in [4.78, 5) is 0. The van der Waals surface area contributed by atoms with Gasteiger partial charge in [0.1, 0.15) is 11.4 Å². The van der Waals surface area contributed by atoms with E-state index in [0.29, 0.717) is 5.92 Å². The van der Waals surface area contributed by atoms with Crippen LogP contribution >= 0.6 is 0 Å². The predicted molar refractivity (Wildman–Crippen MR) is 77.2 cm³/mol. The molecule has 0 saturated heterocycles. The zero-order chi connectivity index (χ0) is 14.2. The van der Waals surface area contributed by atoms with E-state index in [0.717, 1.165) is 24.2 Å². The van der Waals surface area contributed by atoms with Crippen molar-refractivity contribution < 1.29 is 9.84 Å². The molecule has 1 aliphatic heterocycles. The molecule has 3 heteroatoms. The topological polar surface area (TPSA) is 55.5 Å². The summed E-state index contributed by atoms with van der Waals surface area (Å²) in [5, 5.41) is 10.5. The first kappa shape index (κ1) is 14.4. The Balaban J connectivity index is 2.25. The summed E-state index contributed by atoms with van der Waals surface area (Å²) in [5.74, 6) is 1.30. The highest BCUT2D eigenvalue weighted by Gasteiger charge is 2.34. The Bertz CT molecular complexity index is 454. The van der Waals surface area contributed by atoms with Crippen LogP contribution in [0.15, 0.2) is 18.2 Å². The van der Waals surface area contributed by atoms with Crippen molar-refractivity contribution in [2.24, 2.45) is 11.7 Å². The average Bonchev–Trinajstić information content (AvgIpc) is 2.60. The van der Waals surface area contributed by atoms with Crippen LogP contribution in [0, 0.1) is 5.92 Å². The number of nitrogens with two attached hydrogens (primary N) is 1. The Morgan fingerprint density at radius 3 is 2.68 bits per heavy atom. The van der Waals surface area contributed by atoms with E-state index in [1.165, 1.54) is 5.56 Å². The number of aliphatic hydroxyl groups is 1. The molecule has 2 atom stereocenters. The van der Waals surface area contributed by atoms with Crippen LogP contribution in [0.4, 0.5) is 0 Å². The number of rotatable bonds is 4. The van der Waals surface area contributed by atoms with Crippen molar-refractivity contribution in [1.29, 1.82) is 0 Å². The summed E-state index contributed by atoms with van der Waals surface area (Å²) in [6, 6.07) is 5.71. The van der Waals surface area contributed by atoms with Crippen LogP contribution in [-0.4, -0.2) is 16.7 Å². The highest BCUT2D eigenvalue weighted by molar-refractivity contribution is 5.47. The number of hydrogen-bond acceptors (Lipinski definition) is 3. The highest BCUT2D eigenvalue weighted by Crippen LogP contribution is 2.40. The van der Waals surface area contributed by atoms with Crippen molar-refractivity contribution in [2.75, 3.05) is 0 Å². The molecular formula is C16H25NO2. The molecule has 0 radical (unpaired) electrons. The van der Waals surface area contributed by atoms with Gasteiger partial charge >= 0.3 is 0 Å². The second kappa shape index (κ2) is 5.14. The number of para-hydroxylation sites is 1. The maximum Gasteiger partial charge on any atom is 0.129 e. The maximum atomic E-state index is 10.5. The van der Waals surface area contributed by atoms with Gasteiger partial charge in [0.15, 0.2) is 0 Å². The van der Waals surface area contributed by atoms with Crippen LogP contribution in [-0.2, 0) is 6.42 Å². The number of aliphatic hydroxyl groups excluding tert-OH is 1. The van der Waals surface area contributed by atoms with E-state index in [4.69, 9.17) is 10.5 Å². The van der Waals surface area contributed by atoms with Gasteiger partial charge in [0, 0.05) is 18.0 Å². The zero-order valence-corrected chi connectivity index (χ0v) is 12.3.